The highest BCUT2D eigenvalue weighted by Gasteiger charge is 2.21. The summed E-state index contributed by atoms with van der Waals surface area (Å²) in [4.78, 5) is 29.3. The minimum Gasteiger partial charge on any atom is -0.497 e. The molecule has 1 unspecified atom stereocenters. The van der Waals surface area contributed by atoms with Gasteiger partial charge in [-0.2, -0.15) is 0 Å². The molecule has 1 atom stereocenters. The third kappa shape index (κ3) is 5.89. The van der Waals surface area contributed by atoms with Gasteiger partial charge in [-0.15, -0.1) is 0 Å². The molecule has 0 saturated heterocycles. The summed E-state index contributed by atoms with van der Waals surface area (Å²) in [5.41, 5.74) is 0.717. The Morgan fingerprint density at radius 3 is 2.55 bits per heavy atom. The molecule has 0 aliphatic heterocycles. The third-order valence-electron chi connectivity index (χ3n) is 2.65. The molecule has 7 nitrogen and oxygen atoms in total. The standard InChI is InChI=1S/C14H19O7P/c1-9(2)14(15)20-10(3)7-11-8-12(19-4)5-6-13(11)21-22(16,17)18/h5-6,8,10H,1,7H2,2-4H3,(H2,16,17,18). The number of rotatable bonds is 7. The number of benzene rings is 1. The summed E-state index contributed by atoms with van der Waals surface area (Å²) in [5, 5.41) is 0. The minimum absolute atomic E-state index is 0.00681. The summed E-state index contributed by atoms with van der Waals surface area (Å²) in [6.07, 6.45) is -0.332. The highest BCUT2D eigenvalue weighted by molar-refractivity contribution is 7.46. The minimum atomic E-state index is -4.69. The third-order valence-corrected chi connectivity index (χ3v) is 3.08. The van der Waals surface area contributed by atoms with Crippen molar-refractivity contribution in [3.05, 3.63) is 35.9 Å². The average molecular weight is 330 g/mol. The second kappa shape index (κ2) is 7.45. The molecule has 0 heterocycles. The molecule has 0 aliphatic rings. The predicted molar refractivity (Wildman–Crippen MR) is 79.7 cm³/mol. The maximum atomic E-state index is 11.5. The summed E-state index contributed by atoms with van der Waals surface area (Å²) < 4.78 is 25.9. The fraction of sp³-hybridized carbons (Fsp3) is 0.357. The van der Waals surface area contributed by atoms with E-state index >= 15 is 0 Å². The lowest BCUT2D eigenvalue weighted by molar-refractivity contribution is -0.143. The fourth-order valence-electron chi connectivity index (χ4n) is 1.69. The van der Waals surface area contributed by atoms with Crippen molar-refractivity contribution >= 4 is 13.8 Å². The van der Waals surface area contributed by atoms with Crippen molar-refractivity contribution in [2.75, 3.05) is 7.11 Å². The van der Waals surface area contributed by atoms with Gasteiger partial charge in [0.05, 0.1) is 7.11 Å². The Morgan fingerprint density at radius 2 is 2.05 bits per heavy atom. The van der Waals surface area contributed by atoms with Gasteiger partial charge < -0.3 is 14.0 Å². The Hall–Kier alpha value is -1.82. The van der Waals surface area contributed by atoms with Gasteiger partial charge in [0.25, 0.3) is 0 Å². The van der Waals surface area contributed by atoms with E-state index in [1.165, 1.54) is 26.2 Å². The van der Waals surface area contributed by atoms with E-state index in [0.29, 0.717) is 11.3 Å². The van der Waals surface area contributed by atoms with E-state index in [1.54, 1.807) is 13.0 Å². The van der Waals surface area contributed by atoms with Crippen LogP contribution in [0.1, 0.15) is 19.4 Å². The van der Waals surface area contributed by atoms with Gasteiger partial charge in [0.2, 0.25) is 0 Å². The Kier molecular flexibility index (Phi) is 6.17. The summed E-state index contributed by atoms with van der Waals surface area (Å²) in [5.74, 6) is -0.0355. The number of methoxy groups -OCH3 is 1. The molecule has 0 amide bonds. The summed E-state index contributed by atoms with van der Waals surface area (Å²) >= 11 is 0. The van der Waals surface area contributed by atoms with E-state index in [1.807, 2.05) is 0 Å². The normalized spacial score (nSPS) is 12.4. The molecular weight excluding hydrogens is 311 g/mol. The predicted octanol–water partition coefficient (Wildman–Crippen LogP) is 2.22. The summed E-state index contributed by atoms with van der Waals surface area (Å²) in [7, 11) is -3.22. The van der Waals surface area contributed by atoms with Crippen LogP contribution in [-0.4, -0.2) is 29.0 Å². The number of phosphoric acid groups is 1. The van der Waals surface area contributed by atoms with Gasteiger partial charge in [0.1, 0.15) is 17.6 Å². The first-order valence-corrected chi connectivity index (χ1v) is 7.94. The number of esters is 1. The molecule has 0 fully saturated rings. The molecule has 122 valence electrons. The maximum Gasteiger partial charge on any atom is 0.524 e. The Labute approximate surface area is 128 Å². The van der Waals surface area contributed by atoms with Crippen molar-refractivity contribution in [3.63, 3.8) is 0 Å². The van der Waals surface area contributed by atoms with Crippen LogP contribution >= 0.6 is 7.82 Å². The van der Waals surface area contributed by atoms with Crippen LogP contribution in [0.4, 0.5) is 0 Å². The molecule has 22 heavy (non-hydrogen) atoms. The zero-order valence-corrected chi connectivity index (χ0v) is 13.5. The highest BCUT2D eigenvalue weighted by Crippen LogP contribution is 2.40. The van der Waals surface area contributed by atoms with Gasteiger partial charge in [-0.25, -0.2) is 9.36 Å². The second-order valence-corrected chi connectivity index (χ2v) is 5.92. The Bertz CT molecular complexity index is 605. The zero-order chi connectivity index (χ0) is 16.9. The van der Waals surface area contributed by atoms with Crippen LogP contribution in [0.2, 0.25) is 0 Å². The van der Waals surface area contributed by atoms with E-state index in [4.69, 9.17) is 19.3 Å². The van der Waals surface area contributed by atoms with Crippen LogP contribution < -0.4 is 9.26 Å². The largest absolute Gasteiger partial charge is 0.524 e. The Balaban J connectivity index is 2.97. The summed E-state index contributed by atoms with van der Waals surface area (Å²) in [6.45, 7) is 6.67. The molecular formula is C14H19O7P. The van der Waals surface area contributed by atoms with E-state index in [-0.39, 0.29) is 17.7 Å². The highest BCUT2D eigenvalue weighted by atomic mass is 31.2. The lowest BCUT2D eigenvalue weighted by Crippen LogP contribution is -2.18. The number of ether oxygens (including phenoxy) is 2. The molecule has 0 aliphatic carbocycles. The van der Waals surface area contributed by atoms with Crippen molar-refractivity contribution in [2.45, 2.75) is 26.4 Å². The lowest BCUT2D eigenvalue weighted by atomic mass is 10.1. The van der Waals surface area contributed by atoms with E-state index in [9.17, 15) is 9.36 Å². The van der Waals surface area contributed by atoms with E-state index in [2.05, 4.69) is 11.1 Å². The molecule has 0 saturated carbocycles. The van der Waals surface area contributed by atoms with Gasteiger partial charge in [-0.1, -0.05) is 6.58 Å². The fourth-order valence-corrected chi connectivity index (χ4v) is 2.13. The number of hydrogen-bond acceptors (Lipinski definition) is 5. The summed E-state index contributed by atoms with van der Waals surface area (Å²) in [6, 6.07) is 4.47. The first-order valence-electron chi connectivity index (χ1n) is 6.41. The molecule has 1 aromatic rings. The number of carbonyl (C=O) groups is 1. The average Bonchev–Trinajstić information content (AvgIpc) is 2.38. The van der Waals surface area contributed by atoms with Crippen molar-refractivity contribution in [1.29, 1.82) is 0 Å². The zero-order valence-electron chi connectivity index (χ0n) is 12.6. The Morgan fingerprint density at radius 1 is 1.41 bits per heavy atom. The topological polar surface area (TPSA) is 102 Å². The second-order valence-electron chi connectivity index (χ2n) is 4.76. The molecule has 1 aromatic carbocycles. The molecule has 2 N–H and O–H groups in total. The van der Waals surface area contributed by atoms with Crippen LogP contribution in [0.25, 0.3) is 0 Å². The van der Waals surface area contributed by atoms with Crippen molar-refractivity contribution < 1.29 is 33.1 Å². The van der Waals surface area contributed by atoms with Crippen LogP contribution in [0.5, 0.6) is 11.5 Å². The van der Waals surface area contributed by atoms with Crippen LogP contribution in [0.15, 0.2) is 30.4 Å². The smallest absolute Gasteiger partial charge is 0.497 e. The molecule has 0 bridgehead atoms. The van der Waals surface area contributed by atoms with Gasteiger partial charge in [0.15, 0.2) is 0 Å². The first-order chi connectivity index (χ1) is 10.1. The molecule has 0 aromatic heterocycles. The molecule has 0 spiro atoms. The van der Waals surface area contributed by atoms with Crippen LogP contribution in [0.3, 0.4) is 0 Å². The first kappa shape index (κ1) is 18.2. The van der Waals surface area contributed by atoms with Crippen molar-refractivity contribution in [1.82, 2.24) is 0 Å². The van der Waals surface area contributed by atoms with Gasteiger partial charge >= 0.3 is 13.8 Å². The van der Waals surface area contributed by atoms with E-state index in [0.717, 1.165) is 0 Å². The molecule has 8 heteroatoms. The quantitative estimate of drug-likeness (QED) is 0.449. The number of carbonyl (C=O) groups excluding carboxylic acids is 1. The maximum absolute atomic E-state index is 11.5. The van der Waals surface area contributed by atoms with Crippen LogP contribution in [-0.2, 0) is 20.5 Å². The van der Waals surface area contributed by atoms with Gasteiger partial charge in [-0.3, -0.25) is 9.79 Å². The molecule has 0 radical (unpaired) electrons. The van der Waals surface area contributed by atoms with Crippen molar-refractivity contribution in [3.8, 4) is 11.5 Å². The van der Waals surface area contributed by atoms with Crippen molar-refractivity contribution in [2.24, 2.45) is 0 Å². The van der Waals surface area contributed by atoms with Crippen LogP contribution in [0, 0.1) is 0 Å². The lowest BCUT2D eigenvalue weighted by Gasteiger charge is -2.17. The van der Waals surface area contributed by atoms with Gasteiger partial charge in [-0.05, 0) is 32.0 Å². The van der Waals surface area contributed by atoms with E-state index < -0.39 is 19.9 Å². The monoisotopic (exact) mass is 330 g/mol. The molecule has 1 rings (SSSR count). The number of phosphoric ester groups is 1. The van der Waals surface area contributed by atoms with Gasteiger partial charge in [0, 0.05) is 17.6 Å². The SMILES string of the molecule is C=C(C)C(=O)OC(C)Cc1cc(OC)ccc1OP(=O)(O)O. The number of hydrogen-bond donors (Lipinski definition) is 2.